The van der Waals surface area contributed by atoms with E-state index >= 15 is 0 Å². The van der Waals surface area contributed by atoms with Gasteiger partial charge in [-0.25, -0.2) is 0 Å². The minimum Gasteiger partial charge on any atom is -0.503 e. The van der Waals surface area contributed by atoms with E-state index in [1.54, 1.807) is 56.0 Å². The van der Waals surface area contributed by atoms with Crippen molar-refractivity contribution in [3.63, 3.8) is 0 Å². The summed E-state index contributed by atoms with van der Waals surface area (Å²) in [5.41, 5.74) is 1.57. The lowest BCUT2D eigenvalue weighted by Crippen LogP contribution is -2.33. The summed E-state index contributed by atoms with van der Waals surface area (Å²) in [6.45, 7) is 0.249. The van der Waals surface area contributed by atoms with Gasteiger partial charge < -0.3 is 29.0 Å². The summed E-state index contributed by atoms with van der Waals surface area (Å²) < 4.78 is 21.5. The second kappa shape index (κ2) is 10.7. The highest BCUT2D eigenvalue weighted by Gasteiger charge is 2.44. The number of Topliss-reactive ketones (excluding diaryl/α,β-unsaturated/α-hetero) is 1. The van der Waals surface area contributed by atoms with Crippen molar-refractivity contribution < 1.29 is 33.6 Å². The van der Waals surface area contributed by atoms with Crippen molar-refractivity contribution in [2.45, 2.75) is 12.5 Å². The standard InChI is InChI=1S/C27H27NO7S/c1-32-18-9-7-16(14-20(18)34-3)11-12-28-24(17-8-10-19(33-2)21(15-17)35-4)23(26(30)27(28)31)25(29)22-6-5-13-36-22/h5-10,13-15,24,30H,11-12H2,1-4H3/t24-/m1/s1. The number of amides is 1. The molecule has 1 aliphatic rings. The number of rotatable bonds is 10. The first-order chi connectivity index (χ1) is 17.4. The molecular formula is C27H27NO7S. The van der Waals surface area contributed by atoms with Gasteiger partial charge in [0.15, 0.2) is 28.8 Å². The Bertz CT molecular complexity index is 1300. The highest BCUT2D eigenvalue weighted by atomic mass is 32.1. The number of ether oxygens (including phenoxy) is 4. The van der Waals surface area contributed by atoms with Crippen LogP contribution in [0, 0.1) is 0 Å². The molecule has 0 fully saturated rings. The Morgan fingerprint density at radius 2 is 1.56 bits per heavy atom. The van der Waals surface area contributed by atoms with Crippen molar-refractivity contribution in [2.24, 2.45) is 0 Å². The highest BCUT2D eigenvalue weighted by molar-refractivity contribution is 7.12. The SMILES string of the molecule is COc1ccc(CCN2C(=O)C(O)=C(C(=O)c3cccs3)[C@H]2c2ccc(OC)c(OC)c2)cc1OC. The Morgan fingerprint density at radius 1 is 0.917 bits per heavy atom. The molecule has 1 amide bonds. The van der Waals surface area contributed by atoms with Gasteiger partial charge in [0.1, 0.15) is 0 Å². The van der Waals surface area contributed by atoms with E-state index in [9.17, 15) is 14.7 Å². The fourth-order valence-corrected chi connectivity index (χ4v) is 4.99. The van der Waals surface area contributed by atoms with Crippen LogP contribution < -0.4 is 18.9 Å². The van der Waals surface area contributed by atoms with Crippen LogP contribution in [0.15, 0.2) is 65.2 Å². The number of carbonyl (C=O) groups is 2. The van der Waals surface area contributed by atoms with Gasteiger partial charge in [0.05, 0.1) is 44.9 Å². The topological polar surface area (TPSA) is 94.5 Å². The van der Waals surface area contributed by atoms with Gasteiger partial charge in [0.2, 0.25) is 5.78 Å². The van der Waals surface area contributed by atoms with Crippen LogP contribution in [-0.2, 0) is 11.2 Å². The number of benzene rings is 2. The third-order valence-electron chi connectivity index (χ3n) is 6.11. The van der Waals surface area contributed by atoms with Gasteiger partial charge >= 0.3 is 0 Å². The largest absolute Gasteiger partial charge is 0.503 e. The summed E-state index contributed by atoms with van der Waals surface area (Å²) in [5, 5.41) is 12.7. The van der Waals surface area contributed by atoms with Gasteiger partial charge in [-0.05, 0) is 53.3 Å². The number of methoxy groups -OCH3 is 4. The summed E-state index contributed by atoms with van der Waals surface area (Å²) in [7, 11) is 6.17. The fraction of sp³-hybridized carbons (Fsp3) is 0.259. The predicted molar refractivity (Wildman–Crippen MR) is 136 cm³/mol. The summed E-state index contributed by atoms with van der Waals surface area (Å²) in [6, 6.07) is 13.4. The van der Waals surface area contributed by atoms with Crippen molar-refractivity contribution in [3.8, 4) is 23.0 Å². The molecule has 0 unspecified atom stereocenters. The van der Waals surface area contributed by atoms with Crippen molar-refractivity contribution >= 4 is 23.0 Å². The zero-order valence-electron chi connectivity index (χ0n) is 20.4. The Hall–Kier alpha value is -3.98. The second-order valence-electron chi connectivity index (χ2n) is 8.02. The van der Waals surface area contributed by atoms with Crippen LogP contribution in [0.2, 0.25) is 0 Å². The van der Waals surface area contributed by atoms with Gasteiger partial charge in [-0.15, -0.1) is 11.3 Å². The lowest BCUT2D eigenvalue weighted by atomic mass is 9.95. The predicted octanol–water partition coefficient (Wildman–Crippen LogP) is 4.60. The number of thiophene rings is 1. The first kappa shape index (κ1) is 25.1. The first-order valence-electron chi connectivity index (χ1n) is 11.2. The van der Waals surface area contributed by atoms with E-state index in [4.69, 9.17) is 18.9 Å². The molecular weight excluding hydrogens is 482 g/mol. The van der Waals surface area contributed by atoms with Crippen LogP contribution in [0.1, 0.15) is 26.8 Å². The zero-order chi connectivity index (χ0) is 25.8. The van der Waals surface area contributed by atoms with Crippen LogP contribution in [-0.4, -0.2) is 56.7 Å². The van der Waals surface area contributed by atoms with Crippen LogP contribution in [0.3, 0.4) is 0 Å². The van der Waals surface area contributed by atoms with Crippen molar-refractivity contribution in [1.82, 2.24) is 4.90 Å². The number of nitrogens with zero attached hydrogens (tertiary/aromatic N) is 1. The van der Waals surface area contributed by atoms with E-state index in [-0.39, 0.29) is 17.9 Å². The third-order valence-corrected chi connectivity index (χ3v) is 6.97. The molecule has 2 heterocycles. The van der Waals surface area contributed by atoms with Crippen LogP contribution in [0.4, 0.5) is 0 Å². The summed E-state index contributed by atoms with van der Waals surface area (Å²) >= 11 is 1.26. The molecule has 1 atom stereocenters. The monoisotopic (exact) mass is 509 g/mol. The maximum atomic E-state index is 13.4. The van der Waals surface area contributed by atoms with Gasteiger partial charge in [0, 0.05) is 6.54 Å². The molecule has 0 bridgehead atoms. The molecule has 0 aliphatic carbocycles. The summed E-state index contributed by atoms with van der Waals surface area (Å²) in [5.74, 6) is 0.622. The third kappa shape index (κ3) is 4.61. The first-order valence-corrected chi connectivity index (χ1v) is 12.1. The lowest BCUT2D eigenvalue weighted by Gasteiger charge is -2.27. The molecule has 0 saturated heterocycles. The minimum absolute atomic E-state index is 0.0435. The van der Waals surface area contributed by atoms with Crippen molar-refractivity contribution in [1.29, 1.82) is 0 Å². The lowest BCUT2D eigenvalue weighted by molar-refractivity contribution is -0.129. The molecule has 0 radical (unpaired) electrons. The molecule has 9 heteroatoms. The Balaban J connectivity index is 1.72. The quantitative estimate of drug-likeness (QED) is 0.399. The molecule has 188 valence electrons. The van der Waals surface area contributed by atoms with Crippen LogP contribution in [0.5, 0.6) is 23.0 Å². The Morgan fingerprint density at radius 3 is 2.17 bits per heavy atom. The average molecular weight is 510 g/mol. The Kier molecular flexibility index (Phi) is 7.49. The second-order valence-corrected chi connectivity index (χ2v) is 8.97. The molecule has 0 spiro atoms. The molecule has 0 saturated carbocycles. The molecule has 1 N–H and O–H groups in total. The van der Waals surface area contributed by atoms with E-state index in [0.29, 0.717) is 39.9 Å². The summed E-state index contributed by atoms with van der Waals surface area (Å²) in [4.78, 5) is 28.6. The number of aliphatic hydroxyl groups is 1. The average Bonchev–Trinajstić information content (AvgIpc) is 3.54. The van der Waals surface area contributed by atoms with Crippen molar-refractivity contribution in [2.75, 3.05) is 35.0 Å². The maximum Gasteiger partial charge on any atom is 0.290 e. The normalized spacial score (nSPS) is 15.3. The zero-order valence-corrected chi connectivity index (χ0v) is 21.3. The van der Waals surface area contributed by atoms with Gasteiger partial charge in [-0.1, -0.05) is 18.2 Å². The van der Waals surface area contributed by atoms with E-state index < -0.39 is 17.7 Å². The molecule has 1 aromatic heterocycles. The highest BCUT2D eigenvalue weighted by Crippen LogP contribution is 2.42. The molecule has 1 aliphatic heterocycles. The fourth-order valence-electron chi connectivity index (χ4n) is 4.31. The number of carbonyl (C=O) groups excluding carboxylic acids is 2. The number of ketones is 1. The van der Waals surface area contributed by atoms with Gasteiger partial charge in [-0.2, -0.15) is 0 Å². The maximum absolute atomic E-state index is 13.4. The van der Waals surface area contributed by atoms with E-state index in [0.717, 1.165) is 5.56 Å². The number of hydrogen-bond acceptors (Lipinski definition) is 8. The number of aliphatic hydroxyl groups excluding tert-OH is 1. The Labute approximate surface area is 213 Å². The summed E-state index contributed by atoms with van der Waals surface area (Å²) in [6.07, 6.45) is 0.462. The van der Waals surface area contributed by atoms with E-state index in [1.807, 2.05) is 12.1 Å². The molecule has 8 nitrogen and oxygen atoms in total. The van der Waals surface area contributed by atoms with Gasteiger partial charge in [-0.3, -0.25) is 9.59 Å². The van der Waals surface area contributed by atoms with E-state index in [1.165, 1.54) is 30.5 Å². The van der Waals surface area contributed by atoms with Gasteiger partial charge in [0.25, 0.3) is 5.91 Å². The molecule has 4 rings (SSSR count). The minimum atomic E-state index is -0.799. The molecule has 36 heavy (non-hydrogen) atoms. The molecule has 2 aromatic carbocycles. The number of hydrogen-bond donors (Lipinski definition) is 1. The van der Waals surface area contributed by atoms with Crippen LogP contribution >= 0.6 is 11.3 Å². The van der Waals surface area contributed by atoms with E-state index in [2.05, 4.69) is 0 Å². The molecule has 3 aromatic rings. The van der Waals surface area contributed by atoms with Crippen LogP contribution in [0.25, 0.3) is 0 Å². The smallest absolute Gasteiger partial charge is 0.290 e. The van der Waals surface area contributed by atoms with Crippen molar-refractivity contribution in [3.05, 3.63) is 81.2 Å².